The van der Waals surface area contributed by atoms with Gasteiger partial charge in [-0.25, -0.2) is 15.0 Å². The monoisotopic (exact) mass is 413 g/mol. The van der Waals surface area contributed by atoms with E-state index in [0.717, 1.165) is 0 Å². The molecule has 13 heteroatoms. The van der Waals surface area contributed by atoms with E-state index < -0.39 is 55.7 Å². The maximum absolute atomic E-state index is 10.5. The molecule has 2 aliphatic rings. The summed E-state index contributed by atoms with van der Waals surface area (Å²) in [5.74, 6) is 0.506. The van der Waals surface area contributed by atoms with Crippen molar-refractivity contribution in [3.63, 3.8) is 0 Å². The van der Waals surface area contributed by atoms with E-state index >= 15 is 0 Å². The number of aliphatic hydroxyl groups excluding tert-OH is 5. The number of nitrogens with zero attached hydrogens (tertiary/aromatic N) is 4. The summed E-state index contributed by atoms with van der Waals surface area (Å²) in [6.45, 7) is -0.712. The van der Waals surface area contributed by atoms with Gasteiger partial charge in [-0.2, -0.15) is 0 Å². The Labute approximate surface area is 164 Å². The Kier molecular flexibility index (Phi) is 5.63. The Morgan fingerprint density at radius 3 is 2.48 bits per heavy atom. The number of hydrogen-bond acceptors (Lipinski definition) is 12. The van der Waals surface area contributed by atoms with E-state index in [-0.39, 0.29) is 6.61 Å². The third kappa shape index (κ3) is 3.45. The molecule has 2 aliphatic heterocycles. The van der Waals surface area contributed by atoms with Crippen LogP contribution < -0.4 is 5.32 Å². The number of rotatable bonds is 6. The van der Waals surface area contributed by atoms with E-state index in [9.17, 15) is 20.4 Å². The second kappa shape index (κ2) is 8.04. The van der Waals surface area contributed by atoms with Crippen molar-refractivity contribution in [3.05, 3.63) is 12.7 Å². The third-order valence-electron chi connectivity index (χ3n) is 5.13. The summed E-state index contributed by atoms with van der Waals surface area (Å²) in [6, 6.07) is 0. The molecule has 4 rings (SSSR count). The summed E-state index contributed by atoms with van der Waals surface area (Å²) in [4.78, 5) is 12.5. The summed E-state index contributed by atoms with van der Waals surface area (Å²) in [7, 11) is 1.69. The van der Waals surface area contributed by atoms with Gasteiger partial charge < -0.3 is 45.1 Å². The minimum Gasteiger partial charge on any atom is -0.394 e. The van der Waals surface area contributed by atoms with Gasteiger partial charge in [-0.3, -0.25) is 4.57 Å². The van der Waals surface area contributed by atoms with Gasteiger partial charge in [0.05, 0.1) is 19.5 Å². The smallest absolute Gasteiger partial charge is 0.186 e. The average molecular weight is 413 g/mol. The van der Waals surface area contributed by atoms with Crippen LogP contribution in [0.1, 0.15) is 6.23 Å². The summed E-state index contributed by atoms with van der Waals surface area (Å²) in [5, 5.41) is 52.5. The van der Waals surface area contributed by atoms with Crippen molar-refractivity contribution in [2.45, 2.75) is 49.1 Å². The molecule has 1 unspecified atom stereocenters. The first kappa shape index (κ1) is 20.3. The Hall–Kier alpha value is -1.97. The van der Waals surface area contributed by atoms with Gasteiger partial charge in [0, 0.05) is 7.05 Å². The van der Waals surface area contributed by atoms with Crippen molar-refractivity contribution >= 4 is 17.0 Å². The molecular weight excluding hydrogens is 390 g/mol. The normalized spacial score (nSPS) is 37.4. The summed E-state index contributed by atoms with van der Waals surface area (Å²) < 4.78 is 17.9. The van der Waals surface area contributed by atoms with Crippen molar-refractivity contribution < 1.29 is 39.7 Å². The zero-order chi connectivity index (χ0) is 20.7. The number of aliphatic hydroxyl groups is 5. The van der Waals surface area contributed by atoms with Crippen LogP contribution in [0.5, 0.6) is 0 Å². The van der Waals surface area contributed by atoms with E-state index in [1.807, 2.05) is 0 Å². The van der Waals surface area contributed by atoms with Crippen LogP contribution in [0, 0.1) is 0 Å². The van der Waals surface area contributed by atoms with E-state index in [0.29, 0.717) is 17.0 Å². The van der Waals surface area contributed by atoms with Crippen LogP contribution in [0.15, 0.2) is 12.7 Å². The maximum Gasteiger partial charge on any atom is 0.186 e. The minimum absolute atomic E-state index is 0.231. The highest BCUT2D eigenvalue weighted by Gasteiger charge is 2.47. The second-order valence-electron chi connectivity index (χ2n) is 6.88. The number of ether oxygens (including phenoxy) is 3. The van der Waals surface area contributed by atoms with Crippen LogP contribution in [0.3, 0.4) is 0 Å². The molecule has 2 aromatic heterocycles. The lowest BCUT2D eigenvalue weighted by Gasteiger charge is -2.20. The third-order valence-corrected chi connectivity index (χ3v) is 5.13. The average Bonchev–Trinajstić information content (AvgIpc) is 3.37. The lowest BCUT2D eigenvalue weighted by Crippen LogP contribution is -2.38. The molecule has 0 saturated carbocycles. The fourth-order valence-corrected chi connectivity index (χ4v) is 3.51. The number of imidazole rings is 1. The van der Waals surface area contributed by atoms with Crippen LogP contribution in [0.25, 0.3) is 11.2 Å². The Morgan fingerprint density at radius 1 is 1.03 bits per heavy atom. The van der Waals surface area contributed by atoms with Crippen molar-refractivity contribution in [2.75, 3.05) is 25.6 Å². The SMILES string of the molecule is CNc1ncnc2c1ncn2[C@@H]1O[C@H](COC2O[C@H](CO)[C@@H](O)[C@H]2O)[C@@H](O)[C@H]1O. The molecule has 2 saturated heterocycles. The molecular formula is C16H23N5O8. The molecule has 8 atom stereocenters. The Morgan fingerprint density at radius 2 is 1.79 bits per heavy atom. The predicted molar refractivity (Wildman–Crippen MR) is 94.5 cm³/mol. The Bertz CT molecular complexity index is 852. The first-order valence-corrected chi connectivity index (χ1v) is 9.07. The van der Waals surface area contributed by atoms with Crippen molar-refractivity contribution in [3.8, 4) is 0 Å². The van der Waals surface area contributed by atoms with Gasteiger partial charge in [0.15, 0.2) is 24.0 Å². The van der Waals surface area contributed by atoms with Crippen molar-refractivity contribution in [2.24, 2.45) is 0 Å². The van der Waals surface area contributed by atoms with E-state index in [1.54, 1.807) is 7.05 Å². The quantitative estimate of drug-likeness (QED) is 0.281. The van der Waals surface area contributed by atoms with Crippen molar-refractivity contribution in [1.29, 1.82) is 0 Å². The van der Waals surface area contributed by atoms with Crippen LogP contribution in [-0.2, 0) is 14.2 Å². The minimum atomic E-state index is -1.36. The molecule has 0 aromatic carbocycles. The zero-order valence-electron chi connectivity index (χ0n) is 15.4. The van der Waals surface area contributed by atoms with Gasteiger partial charge >= 0.3 is 0 Å². The van der Waals surface area contributed by atoms with Crippen LogP contribution >= 0.6 is 0 Å². The topological polar surface area (TPSA) is 184 Å². The van der Waals surface area contributed by atoms with Crippen LogP contribution in [0.4, 0.5) is 5.82 Å². The number of nitrogens with one attached hydrogen (secondary N) is 1. The maximum atomic E-state index is 10.5. The largest absolute Gasteiger partial charge is 0.394 e. The van der Waals surface area contributed by atoms with Gasteiger partial charge in [0.2, 0.25) is 0 Å². The van der Waals surface area contributed by atoms with E-state index in [4.69, 9.17) is 19.3 Å². The molecule has 13 nitrogen and oxygen atoms in total. The molecule has 0 radical (unpaired) electrons. The van der Waals surface area contributed by atoms with Crippen LogP contribution in [-0.4, -0.2) is 108 Å². The summed E-state index contributed by atoms with van der Waals surface area (Å²) in [6.07, 6.45) is -6.57. The summed E-state index contributed by atoms with van der Waals surface area (Å²) in [5.41, 5.74) is 0.886. The van der Waals surface area contributed by atoms with Gasteiger partial charge in [0.25, 0.3) is 0 Å². The zero-order valence-corrected chi connectivity index (χ0v) is 15.4. The molecule has 160 valence electrons. The van der Waals surface area contributed by atoms with Gasteiger partial charge in [-0.1, -0.05) is 0 Å². The fourth-order valence-electron chi connectivity index (χ4n) is 3.51. The van der Waals surface area contributed by atoms with Gasteiger partial charge in [-0.05, 0) is 0 Å². The number of fused-ring (bicyclic) bond motifs is 1. The second-order valence-corrected chi connectivity index (χ2v) is 6.88. The van der Waals surface area contributed by atoms with Crippen LogP contribution in [0.2, 0.25) is 0 Å². The van der Waals surface area contributed by atoms with Gasteiger partial charge in [-0.15, -0.1) is 0 Å². The Balaban J connectivity index is 1.46. The molecule has 2 fully saturated rings. The standard InChI is InChI=1S/C16H23N5O8/c1-17-13-8-14(19-4-18-13)21(5-20-8)15-11(25)10(24)7(28-15)3-27-16-12(26)9(23)6(2-22)29-16/h4-7,9-12,15-16,22-26H,2-3H2,1H3,(H,17,18,19)/t6-,7-,9-,10-,11-,12-,15-,16?/m1/s1. The molecule has 2 aromatic rings. The number of anilines is 1. The van der Waals surface area contributed by atoms with E-state index in [1.165, 1.54) is 17.2 Å². The highest BCUT2D eigenvalue weighted by Crippen LogP contribution is 2.33. The highest BCUT2D eigenvalue weighted by atomic mass is 16.7. The van der Waals surface area contributed by atoms with E-state index in [2.05, 4.69) is 20.3 Å². The molecule has 0 aliphatic carbocycles. The predicted octanol–water partition coefficient (Wildman–Crippen LogP) is -3.06. The first-order valence-electron chi connectivity index (χ1n) is 9.07. The van der Waals surface area contributed by atoms with Gasteiger partial charge in [0.1, 0.15) is 48.5 Å². The number of aromatic nitrogens is 4. The molecule has 4 heterocycles. The molecule has 29 heavy (non-hydrogen) atoms. The van der Waals surface area contributed by atoms with Crippen molar-refractivity contribution in [1.82, 2.24) is 19.5 Å². The lowest BCUT2D eigenvalue weighted by molar-refractivity contribution is -0.190. The summed E-state index contributed by atoms with van der Waals surface area (Å²) >= 11 is 0. The molecule has 6 N–H and O–H groups in total. The molecule has 0 amide bonds. The highest BCUT2D eigenvalue weighted by molar-refractivity contribution is 5.82. The molecule has 0 bridgehead atoms. The fraction of sp³-hybridized carbons (Fsp3) is 0.688. The molecule has 0 spiro atoms. The lowest BCUT2D eigenvalue weighted by atomic mass is 10.1. The number of hydrogen-bond donors (Lipinski definition) is 6. The first-order chi connectivity index (χ1) is 14.0.